The van der Waals surface area contributed by atoms with Crippen LogP contribution in [0.5, 0.6) is 0 Å². The van der Waals surface area contributed by atoms with Crippen LogP contribution in [0.25, 0.3) is 0 Å². The first kappa shape index (κ1) is 10.5. The molecule has 17 heavy (non-hydrogen) atoms. The van der Waals surface area contributed by atoms with Crippen LogP contribution < -0.4 is 5.32 Å². The topological polar surface area (TPSA) is 44.7 Å². The van der Waals surface area contributed by atoms with Crippen LogP contribution in [0.1, 0.15) is 12.0 Å². The van der Waals surface area contributed by atoms with Crippen molar-refractivity contribution in [3.63, 3.8) is 0 Å². The number of carbonyl (C=O) groups is 1. The standard InChI is InChI=1S/C13H15N3O/c1-16-12(17)11(10-5-3-2-4-6-10)15-13(16)7-8-14-9-13/h2-6,14H,7-9H2,1H3. The molecule has 0 saturated carbocycles. The number of nitrogens with one attached hydrogen (secondary N) is 1. The van der Waals surface area contributed by atoms with Crippen LogP contribution in [0.15, 0.2) is 35.3 Å². The number of likely N-dealkylation sites (N-methyl/N-ethyl adjacent to an activating group) is 1. The van der Waals surface area contributed by atoms with Gasteiger partial charge in [0, 0.05) is 25.6 Å². The Morgan fingerprint density at radius 2 is 2.12 bits per heavy atom. The van der Waals surface area contributed by atoms with Crippen molar-refractivity contribution >= 4 is 11.6 Å². The Bertz CT molecular complexity index is 475. The number of aliphatic imine (C=N–C) groups is 1. The second-order valence-corrected chi connectivity index (χ2v) is 4.60. The molecule has 1 amide bonds. The van der Waals surface area contributed by atoms with Crippen molar-refractivity contribution in [3.8, 4) is 0 Å². The summed E-state index contributed by atoms with van der Waals surface area (Å²) in [6, 6.07) is 9.68. The van der Waals surface area contributed by atoms with Gasteiger partial charge in [-0.25, -0.2) is 4.99 Å². The highest BCUT2D eigenvalue weighted by molar-refractivity contribution is 6.46. The van der Waals surface area contributed by atoms with Crippen molar-refractivity contribution in [2.75, 3.05) is 20.1 Å². The van der Waals surface area contributed by atoms with Crippen molar-refractivity contribution in [3.05, 3.63) is 35.9 Å². The van der Waals surface area contributed by atoms with Crippen LogP contribution in [-0.2, 0) is 4.79 Å². The summed E-state index contributed by atoms with van der Waals surface area (Å²) in [7, 11) is 1.84. The van der Waals surface area contributed by atoms with Crippen LogP contribution in [0.2, 0.25) is 0 Å². The molecule has 2 aliphatic rings. The van der Waals surface area contributed by atoms with Gasteiger partial charge in [0.25, 0.3) is 5.91 Å². The average molecular weight is 229 g/mol. The molecule has 1 saturated heterocycles. The summed E-state index contributed by atoms with van der Waals surface area (Å²) in [5.74, 6) is 0.0277. The molecule has 3 rings (SSSR count). The van der Waals surface area contributed by atoms with Gasteiger partial charge in [0.15, 0.2) is 0 Å². The maximum absolute atomic E-state index is 12.2. The lowest BCUT2D eigenvalue weighted by molar-refractivity contribution is -0.125. The van der Waals surface area contributed by atoms with Crippen molar-refractivity contribution in [2.45, 2.75) is 12.1 Å². The lowest BCUT2D eigenvalue weighted by atomic mass is 10.1. The SMILES string of the molecule is CN1C(=O)C(c2ccccc2)=NC12CCNC2. The van der Waals surface area contributed by atoms with E-state index in [-0.39, 0.29) is 11.6 Å². The number of amides is 1. The number of nitrogens with zero attached hydrogens (tertiary/aromatic N) is 2. The minimum absolute atomic E-state index is 0.0277. The Hall–Kier alpha value is -1.68. The molecule has 4 heteroatoms. The van der Waals surface area contributed by atoms with Gasteiger partial charge in [0.05, 0.1) is 0 Å². The average Bonchev–Trinajstić information content (AvgIpc) is 2.93. The van der Waals surface area contributed by atoms with E-state index in [1.54, 1.807) is 4.90 Å². The van der Waals surface area contributed by atoms with E-state index in [1.807, 2.05) is 37.4 Å². The Morgan fingerprint density at radius 1 is 1.35 bits per heavy atom. The highest BCUT2D eigenvalue weighted by Gasteiger charge is 2.46. The van der Waals surface area contributed by atoms with Crippen molar-refractivity contribution in [1.29, 1.82) is 0 Å². The highest BCUT2D eigenvalue weighted by Crippen LogP contribution is 2.30. The number of hydrogen-bond donors (Lipinski definition) is 1. The fourth-order valence-electron chi connectivity index (χ4n) is 2.51. The molecule has 2 heterocycles. The van der Waals surface area contributed by atoms with Gasteiger partial charge in [-0.2, -0.15) is 0 Å². The maximum Gasteiger partial charge on any atom is 0.274 e. The largest absolute Gasteiger partial charge is 0.314 e. The smallest absolute Gasteiger partial charge is 0.274 e. The zero-order valence-corrected chi connectivity index (χ0v) is 9.81. The molecule has 0 aromatic heterocycles. The van der Waals surface area contributed by atoms with Crippen LogP contribution in [0.3, 0.4) is 0 Å². The van der Waals surface area contributed by atoms with E-state index in [2.05, 4.69) is 10.3 Å². The summed E-state index contributed by atoms with van der Waals surface area (Å²) in [5, 5.41) is 3.28. The molecule has 1 fully saturated rings. The zero-order chi connectivity index (χ0) is 11.9. The van der Waals surface area contributed by atoms with Gasteiger partial charge in [0.2, 0.25) is 0 Å². The molecule has 4 nitrogen and oxygen atoms in total. The van der Waals surface area contributed by atoms with Crippen molar-refractivity contribution < 1.29 is 4.79 Å². The Labute approximate surface area is 100 Å². The van der Waals surface area contributed by atoms with Gasteiger partial charge >= 0.3 is 0 Å². The lowest BCUT2D eigenvalue weighted by Gasteiger charge is -2.28. The molecule has 0 bridgehead atoms. The lowest BCUT2D eigenvalue weighted by Crippen LogP contribution is -2.45. The predicted octanol–water partition coefficient (Wildman–Crippen LogP) is 0.637. The summed E-state index contributed by atoms with van der Waals surface area (Å²) >= 11 is 0. The maximum atomic E-state index is 12.2. The Morgan fingerprint density at radius 3 is 2.76 bits per heavy atom. The molecular formula is C13H15N3O. The second kappa shape index (κ2) is 3.67. The molecule has 2 aliphatic heterocycles. The summed E-state index contributed by atoms with van der Waals surface area (Å²) < 4.78 is 0. The van der Waals surface area contributed by atoms with Gasteiger partial charge in [-0.05, 0) is 6.54 Å². The van der Waals surface area contributed by atoms with Crippen LogP contribution in [0, 0.1) is 0 Å². The monoisotopic (exact) mass is 229 g/mol. The molecule has 1 unspecified atom stereocenters. The van der Waals surface area contributed by atoms with Gasteiger partial charge in [-0.3, -0.25) is 4.79 Å². The van der Waals surface area contributed by atoms with E-state index < -0.39 is 0 Å². The van der Waals surface area contributed by atoms with E-state index in [0.717, 1.165) is 25.1 Å². The number of hydrogen-bond acceptors (Lipinski definition) is 3. The van der Waals surface area contributed by atoms with Crippen LogP contribution in [0.4, 0.5) is 0 Å². The predicted molar refractivity (Wildman–Crippen MR) is 66.0 cm³/mol. The second-order valence-electron chi connectivity index (χ2n) is 4.60. The minimum atomic E-state index is -0.345. The third-order valence-corrected chi connectivity index (χ3v) is 3.61. The summed E-state index contributed by atoms with van der Waals surface area (Å²) in [6.07, 6.45) is 0.894. The molecule has 88 valence electrons. The minimum Gasteiger partial charge on any atom is -0.314 e. The van der Waals surface area contributed by atoms with E-state index in [0.29, 0.717) is 5.71 Å². The third kappa shape index (κ3) is 1.48. The molecule has 1 aromatic rings. The molecule has 0 radical (unpaired) electrons. The molecule has 1 N–H and O–H groups in total. The van der Waals surface area contributed by atoms with E-state index in [9.17, 15) is 4.79 Å². The first-order chi connectivity index (χ1) is 8.23. The van der Waals surface area contributed by atoms with Gasteiger partial charge < -0.3 is 10.2 Å². The first-order valence-corrected chi connectivity index (χ1v) is 5.87. The molecule has 1 aromatic carbocycles. The van der Waals surface area contributed by atoms with Crippen LogP contribution in [-0.4, -0.2) is 42.3 Å². The van der Waals surface area contributed by atoms with Crippen molar-refractivity contribution in [2.24, 2.45) is 4.99 Å². The van der Waals surface area contributed by atoms with E-state index >= 15 is 0 Å². The zero-order valence-electron chi connectivity index (χ0n) is 9.81. The summed E-state index contributed by atoms with van der Waals surface area (Å²) in [6.45, 7) is 1.68. The van der Waals surface area contributed by atoms with E-state index in [1.165, 1.54) is 0 Å². The fourth-order valence-corrected chi connectivity index (χ4v) is 2.51. The van der Waals surface area contributed by atoms with Gasteiger partial charge in [0.1, 0.15) is 11.4 Å². The number of benzene rings is 1. The highest BCUT2D eigenvalue weighted by atomic mass is 16.2. The quantitative estimate of drug-likeness (QED) is 0.768. The van der Waals surface area contributed by atoms with Gasteiger partial charge in [-0.1, -0.05) is 30.3 Å². The summed E-state index contributed by atoms with van der Waals surface area (Å²) in [4.78, 5) is 18.7. The number of carbonyl (C=O) groups excluding carboxylic acids is 1. The number of rotatable bonds is 1. The molecule has 1 spiro atoms. The van der Waals surface area contributed by atoms with Crippen LogP contribution >= 0.6 is 0 Å². The van der Waals surface area contributed by atoms with Gasteiger partial charge in [-0.15, -0.1) is 0 Å². The Balaban J connectivity index is 2.03. The molecular weight excluding hydrogens is 214 g/mol. The Kier molecular flexibility index (Phi) is 2.26. The van der Waals surface area contributed by atoms with Crippen molar-refractivity contribution in [1.82, 2.24) is 10.2 Å². The molecule has 0 aliphatic carbocycles. The fraction of sp³-hybridized carbons (Fsp3) is 0.385. The normalized spacial score (nSPS) is 27.9. The summed E-state index contributed by atoms with van der Waals surface area (Å²) in [5.41, 5.74) is 1.16. The first-order valence-electron chi connectivity index (χ1n) is 5.87. The third-order valence-electron chi connectivity index (χ3n) is 3.61. The van der Waals surface area contributed by atoms with E-state index in [4.69, 9.17) is 0 Å². The molecule has 1 atom stereocenters.